The lowest BCUT2D eigenvalue weighted by Crippen LogP contribution is -2.41. The van der Waals surface area contributed by atoms with E-state index in [1.165, 1.54) is 12.1 Å². The number of carboxylic acids is 1. The molecule has 1 saturated carbocycles. The molecule has 1 aliphatic carbocycles. The predicted octanol–water partition coefficient (Wildman–Crippen LogP) is 3.29. The molecule has 2 rings (SSSR count). The van der Waals surface area contributed by atoms with Gasteiger partial charge in [-0.15, -0.1) is 0 Å². The van der Waals surface area contributed by atoms with Gasteiger partial charge in [0.05, 0.1) is 10.3 Å². The highest BCUT2D eigenvalue weighted by Crippen LogP contribution is 2.39. The van der Waals surface area contributed by atoms with E-state index in [9.17, 15) is 20.0 Å². The Morgan fingerprint density at radius 1 is 1.38 bits per heavy atom. The summed E-state index contributed by atoms with van der Waals surface area (Å²) in [6.45, 7) is 2.50. The van der Waals surface area contributed by atoms with Gasteiger partial charge in [-0.25, -0.2) is 0 Å². The summed E-state index contributed by atoms with van der Waals surface area (Å²) < 4.78 is 0. The quantitative estimate of drug-likeness (QED) is 0.641. The molecule has 0 aromatic heterocycles. The molecule has 6 heteroatoms. The lowest BCUT2D eigenvalue weighted by molar-refractivity contribution is -0.384. The van der Waals surface area contributed by atoms with E-state index in [1.807, 2.05) is 0 Å². The molecular weight excluding hydrogens is 272 g/mol. The largest absolute Gasteiger partial charge is 0.481 e. The van der Waals surface area contributed by atoms with Crippen molar-refractivity contribution in [1.82, 2.24) is 0 Å². The standard InChI is InChI=1S/C15H20N2O4/c1-11-6-8-15(9-7-11,14(18)19)10-16-12-2-4-13(5-3-12)17(20)21/h2-5,11,16H,6-10H2,1H3,(H,18,19). The average Bonchev–Trinajstić information content (AvgIpc) is 2.47. The molecule has 0 aliphatic heterocycles. The maximum absolute atomic E-state index is 11.6. The third kappa shape index (κ3) is 3.51. The highest BCUT2D eigenvalue weighted by atomic mass is 16.6. The van der Waals surface area contributed by atoms with Crippen LogP contribution in [0, 0.1) is 21.4 Å². The van der Waals surface area contributed by atoms with Crippen LogP contribution in [0.2, 0.25) is 0 Å². The van der Waals surface area contributed by atoms with Crippen LogP contribution in [-0.4, -0.2) is 22.5 Å². The third-order valence-corrected chi connectivity index (χ3v) is 4.39. The molecule has 0 spiro atoms. The number of rotatable bonds is 5. The van der Waals surface area contributed by atoms with Gasteiger partial charge in [0.15, 0.2) is 0 Å². The zero-order valence-electron chi connectivity index (χ0n) is 12.0. The van der Waals surface area contributed by atoms with Crippen molar-refractivity contribution in [1.29, 1.82) is 0 Å². The van der Waals surface area contributed by atoms with Gasteiger partial charge < -0.3 is 10.4 Å². The Kier molecular flexibility index (Phi) is 4.45. The zero-order chi connectivity index (χ0) is 15.5. The number of nitrogens with one attached hydrogen (secondary N) is 1. The van der Waals surface area contributed by atoms with Crippen molar-refractivity contribution in [2.75, 3.05) is 11.9 Å². The monoisotopic (exact) mass is 292 g/mol. The Morgan fingerprint density at radius 2 is 1.95 bits per heavy atom. The minimum atomic E-state index is -0.760. The van der Waals surface area contributed by atoms with E-state index in [4.69, 9.17) is 0 Å². The van der Waals surface area contributed by atoms with E-state index < -0.39 is 16.3 Å². The summed E-state index contributed by atoms with van der Waals surface area (Å²) in [5.41, 5.74) is 0.00807. The van der Waals surface area contributed by atoms with Crippen molar-refractivity contribution < 1.29 is 14.8 Å². The SMILES string of the molecule is CC1CCC(CNc2ccc([N+](=O)[O-])cc2)(C(=O)O)CC1. The smallest absolute Gasteiger partial charge is 0.311 e. The lowest BCUT2D eigenvalue weighted by Gasteiger charge is -2.36. The van der Waals surface area contributed by atoms with Crippen LogP contribution >= 0.6 is 0 Å². The number of carboxylic acid groups (broad SMARTS) is 1. The van der Waals surface area contributed by atoms with Crippen molar-refractivity contribution >= 4 is 17.3 Å². The molecule has 0 atom stereocenters. The summed E-state index contributed by atoms with van der Waals surface area (Å²) in [5.74, 6) is -0.180. The fourth-order valence-corrected chi connectivity index (χ4v) is 2.75. The van der Waals surface area contributed by atoms with Crippen LogP contribution in [0.25, 0.3) is 0 Å². The van der Waals surface area contributed by atoms with E-state index in [0.717, 1.165) is 12.8 Å². The molecule has 0 bridgehead atoms. The van der Waals surface area contributed by atoms with Crippen LogP contribution in [0.1, 0.15) is 32.6 Å². The minimum Gasteiger partial charge on any atom is -0.481 e. The van der Waals surface area contributed by atoms with E-state index in [0.29, 0.717) is 31.0 Å². The van der Waals surface area contributed by atoms with Crippen molar-refractivity contribution in [3.05, 3.63) is 34.4 Å². The number of benzene rings is 1. The molecule has 21 heavy (non-hydrogen) atoms. The normalized spacial score (nSPS) is 25.3. The first-order chi connectivity index (χ1) is 9.93. The first-order valence-corrected chi connectivity index (χ1v) is 7.15. The Balaban J connectivity index is 2.02. The van der Waals surface area contributed by atoms with Gasteiger partial charge in [-0.05, 0) is 43.7 Å². The van der Waals surface area contributed by atoms with Crippen LogP contribution in [0.15, 0.2) is 24.3 Å². The molecule has 6 nitrogen and oxygen atoms in total. The number of non-ortho nitro benzene ring substituents is 1. The van der Waals surface area contributed by atoms with Crippen molar-refractivity contribution in [3.8, 4) is 0 Å². The molecule has 0 heterocycles. The second-order valence-corrected chi connectivity index (χ2v) is 5.93. The van der Waals surface area contributed by atoms with E-state index >= 15 is 0 Å². The highest BCUT2D eigenvalue weighted by Gasteiger charge is 2.40. The van der Waals surface area contributed by atoms with Crippen molar-refractivity contribution in [3.63, 3.8) is 0 Å². The maximum Gasteiger partial charge on any atom is 0.311 e. The molecule has 1 aromatic carbocycles. The first-order valence-electron chi connectivity index (χ1n) is 7.15. The van der Waals surface area contributed by atoms with Gasteiger partial charge in [-0.3, -0.25) is 14.9 Å². The summed E-state index contributed by atoms with van der Waals surface area (Å²) in [6.07, 6.45) is 3.19. The second kappa shape index (κ2) is 6.11. The summed E-state index contributed by atoms with van der Waals surface area (Å²) in [7, 11) is 0. The summed E-state index contributed by atoms with van der Waals surface area (Å²) in [5, 5.41) is 23.3. The maximum atomic E-state index is 11.6. The predicted molar refractivity (Wildman–Crippen MR) is 79.3 cm³/mol. The van der Waals surface area contributed by atoms with Crippen LogP contribution in [-0.2, 0) is 4.79 Å². The molecule has 1 aliphatic rings. The number of hydrogen-bond acceptors (Lipinski definition) is 4. The second-order valence-electron chi connectivity index (χ2n) is 5.93. The van der Waals surface area contributed by atoms with Gasteiger partial charge in [-0.1, -0.05) is 6.92 Å². The van der Waals surface area contributed by atoms with Crippen LogP contribution in [0.4, 0.5) is 11.4 Å². The van der Waals surface area contributed by atoms with Crippen LogP contribution in [0.5, 0.6) is 0 Å². The summed E-state index contributed by atoms with van der Waals surface area (Å²) >= 11 is 0. The number of aliphatic carboxylic acids is 1. The Morgan fingerprint density at radius 3 is 2.43 bits per heavy atom. The molecule has 114 valence electrons. The number of hydrogen-bond donors (Lipinski definition) is 2. The lowest BCUT2D eigenvalue weighted by atomic mass is 9.71. The molecular formula is C15H20N2O4. The first kappa shape index (κ1) is 15.3. The Bertz CT molecular complexity index is 519. The fraction of sp³-hybridized carbons (Fsp3) is 0.533. The number of nitro groups is 1. The molecule has 0 amide bonds. The summed E-state index contributed by atoms with van der Waals surface area (Å²) in [6, 6.07) is 6.05. The van der Waals surface area contributed by atoms with E-state index in [2.05, 4.69) is 12.2 Å². The van der Waals surface area contributed by atoms with E-state index in [-0.39, 0.29) is 5.69 Å². The number of anilines is 1. The summed E-state index contributed by atoms with van der Waals surface area (Å²) in [4.78, 5) is 21.8. The van der Waals surface area contributed by atoms with Crippen LogP contribution < -0.4 is 5.32 Å². The average molecular weight is 292 g/mol. The van der Waals surface area contributed by atoms with Gasteiger partial charge in [0.1, 0.15) is 0 Å². The highest BCUT2D eigenvalue weighted by molar-refractivity contribution is 5.75. The molecule has 1 fully saturated rings. The van der Waals surface area contributed by atoms with Crippen molar-refractivity contribution in [2.45, 2.75) is 32.6 Å². The fourth-order valence-electron chi connectivity index (χ4n) is 2.75. The minimum absolute atomic E-state index is 0.0278. The Labute approximate surface area is 123 Å². The van der Waals surface area contributed by atoms with Gasteiger partial charge in [-0.2, -0.15) is 0 Å². The number of nitrogens with zero attached hydrogens (tertiary/aromatic N) is 1. The molecule has 0 unspecified atom stereocenters. The number of nitro benzene ring substituents is 1. The zero-order valence-corrected chi connectivity index (χ0v) is 12.0. The Hall–Kier alpha value is -2.11. The molecule has 0 radical (unpaired) electrons. The topological polar surface area (TPSA) is 92.5 Å². The van der Waals surface area contributed by atoms with Gasteiger partial charge in [0, 0.05) is 24.4 Å². The molecule has 2 N–H and O–H groups in total. The van der Waals surface area contributed by atoms with Crippen molar-refractivity contribution in [2.24, 2.45) is 11.3 Å². The third-order valence-electron chi connectivity index (χ3n) is 4.39. The number of carbonyl (C=O) groups is 1. The van der Waals surface area contributed by atoms with E-state index in [1.54, 1.807) is 12.1 Å². The molecule has 0 saturated heterocycles. The van der Waals surface area contributed by atoms with Gasteiger partial charge in [0.2, 0.25) is 0 Å². The molecule has 1 aromatic rings. The van der Waals surface area contributed by atoms with Gasteiger partial charge in [0.25, 0.3) is 5.69 Å². The van der Waals surface area contributed by atoms with Crippen LogP contribution in [0.3, 0.4) is 0 Å². The van der Waals surface area contributed by atoms with Gasteiger partial charge >= 0.3 is 5.97 Å².